The summed E-state index contributed by atoms with van der Waals surface area (Å²) < 4.78 is 0. The topological polar surface area (TPSA) is 25.8 Å². The molecule has 0 aromatic carbocycles. The minimum atomic E-state index is 0.126. The molecular weight excluding hydrogens is 180 g/mol. The fourth-order valence-electron chi connectivity index (χ4n) is 0.829. The van der Waals surface area contributed by atoms with Crippen LogP contribution in [0, 0.1) is 0 Å². The lowest BCUT2D eigenvalue weighted by atomic mass is 9.98. The van der Waals surface area contributed by atoms with Crippen LogP contribution < -0.4 is 0 Å². The zero-order chi connectivity index (χ0) is 10.3. The maximum Gasteiger partial charge on any atom is 0.122 e. The van der Waals surface area contributed by atoms with Crippen molar-refractivity contribution in [2.75, 3.05) is 0 Å². The van der Waals surface area contributed by atoms with Crippen LogP contribution in [0.15, 0.2) is 0 Å². The van der Waals surface area contributed by atoms with E-state index in [9.17, 15) is 0 Å². The van der Waals surface area contributed by atoms with Crippen LogP contribution in [-0.4, -0.2) is 10.2 Å². The van der Waals surface area contributed by atoms with Crippen LogP contribution in [0.1, 0.15) is 51.6 Å². The molecule has 0 saturated heterocycles. The number of hydrogen-bond donors (Lipinski definition) is 0. The number of rotatable bonds is 0. The van der Waals surface area contributed by atoms with Crippen molar-refractivity contribution in [1.29, 1.82) is 0 Å². The summed E-state index contributed by atoms with van der Waals surface area (Å²) in [7, 11) is 0. The number of nitrogens with zero attached hydrogens (tertiary/aromatic N) is 2. The molecular formula is C10H18N2S. The summed E-state index contributed by atoms with van der Waals surface area (Å²) in [5.41, 5.74) is 0.252. The van der Waals surface area contributed by atoms with Gasteiger partial charge >= 0.3 is 0 Å². The van der Waals surface area contributed by atoms with E-state index in [1.54, 1.807) is 11.3 Å². The molecule has 0 radical (unpaired) electrons. The fourth-order valence-corrected chi connectivity index (χ4v) is 1.79. The summed E-state index contributed by atoms with van der Waals surface area (Å²) in [5.74, 6) is 0. The molecule has 1 aromatic heterocycles. The molecule has 2 nitrogen and oxygen atoms in total. The van der Waals surface area contributed by atoms with Crippen LogP contribution in [0.4, 0.5) is 0 Å². The molecule has 0 aliphatic heterocycles. The first kappa shape index (κ1) is 10.6. The molecule has 0 atom stereocenters. The van der Waals surface area contributed by atoms with Crippen molar-refractivity contribution in [3.8, 4) is 0 Å². The highest BCUT2D eigenvalue weighted by atomic mass is 32.1. The summed E-state index contributed by atoms with van der Waals surface area (Å²) in [6.07, 6.45) is 0. The van der Waals surface area contributed by atoms with Gasteiger partial charge in [-0.25, -0.2) is 0 Å². The summed E-state index contributed by atoms with van der Waals surface area (Å²) in [4.78, 5) is 0. The first-order chi connectivity index (χ1) is 5.71. The molecule has 0 N–H and O–H groups in total. The van der Waals surface area contributed by atoms with Crippen molar-refractivity contribution < 1.29 is 0 Å². The quantitative estimate of drug-likeness (QED) is 0.640. The second kappa shape index (κ2) is 3.05. The molecule has 0 amide bonds. The maximum atomic E-state index is 4.22. The van der Waals surface area contributed by atoms with E-state index in [-0.39, 0.29) is 10.8 Å². The lowest BCUT2D eigenvalue weighted by Gasteiger charge is -2.14. The van der Waals surface area contributed by atoms with Crippen molar-refractivity contribution in [3.63, 3.8) is 0 Å². The van der Waals surface area contributed by atoms with E-state index in [4.69, 9.17) is 0 Å². The maximum absolute atomic E-state index is 4.22. The largest absolute Gasteiger partial charge is 0.143 e. The third kappa shape index (κ3) is 2.50. The molecule has 1 heterocycles. The van der Waals surface area contributed by atoms with Crippen LogP contribution in [-0.2, 0) is 10.8 Å². The molecule has 0 aliphatic carbocycles. The van der Waals surface area contributed by atoms with Gasteiger partial charge in [-0.3, -0.25) is 0 Å². The Balaban J connectivity index is 3.01. The lowest BCUT2D eigenvalue weighted by Crippen LogP contribution is -2.10. The minimum absolute atomic E-state index is 0.126. The Morgan fingerprint density at radius 3 is 1.23 bits per heavy atom. The summed E-state index contributed by atoms with van der Waals surface area (Å²) in [6.45, 7) is 13.0. The first-order valence-electron chi connectivity index (χ1n) is 4.56. The van der Waals surface area contributed by atoms with E-state index in [1.165, 1.54) is 0 Å². The van der Waals surface area contributed by atoms with E-state index >= 15 is 0 Å². The Morgan fingerprint density at radius 2 is 1.08 bits per heavy atom. The second-order valence-electron chi connectivity index (χ2n) is 5.41. The Hall–Kier alpha value is -0.440. The van der Waals surface area contributed by atoms with Crippen molar-refractivity contribution in [2.45, 2.75) is 52.4 Å². The van der Waals surface area contributed by atoms with Gasteiger partial charge in [0.25, 0.3) is 0 Å². The van der Waals surface area contributed by atoms with Crippen molar-refractivity contribution >= 4 is 11.3 Å². The van der Waals surface area contributed by atoms with Crippen molar-refractivity contribution in [3.05, 3.63) is 10.0 Å². The van der Waals surface area contributed by atoms with Gasteiger partial charge < -0.3 is 0 Å². The summed E-state index contributed by atoms with van der Waals surface area (Å²) in [5, 5.41) is 10.7. The fraction of sp³-hybridized carbons (Fsp3) is 0.800. The van der Waals surface area contributed by atoms with Crippen molar-refractivity contribution in [1.82, 2.24) is 10.2 Å². The van der Waals surface area contributed by atoms with Gasteiger partial charge in [0, 0.05) is 10.8 Å². The number of aromatic nitrogens is 2. The predicted molar refractivity (Wildman–Crippen MR) is 57.3 cm³/mol. The molecule has 1 aromatic rings. The van der Waals surface area contributed by atoms with Crippen LogP contribution in [0.5, 0.6) is 0 Å². The zero-order valence-corrected chi connectivity index (χ0v) is 10.1. The van der Waals surface area contributed by atoms with E-state index in [0.717, 1.165) is 10.0 Å². The summed E-state index contributed by atoms with van der Waals surface area (Å²) >= 11 is 1.72. The SMILES string of the molecule is CC(C)(C)c1nnc(C(C)(C)C)s1. The van der Waals surface area contributed by atoms with Crippen LogP contribution in [0.2, 0.25) is 0 Å². The van der Waals surface area contributed by atoms with Crippen LogP contribution in [0.3, 0.4) is 0 Å². The standard InChI is InChI=1S/C10H18N2S/c1-9(2,3)7-11-12-8(13-7)10(4,5)6/h1-6H3. The smallest absolute Gasteiger partial charge is 0.122 e. The Bertz CT molecular complexity index is 260. The lowest BCUT2D eigenvalue weighted by molar-refractivity contribution is 0.563. The Kier molecular flexibility index (Phi) is 2.50. The van der Waals surface area contributed by atoms with Gasteiger partial charge in [0.1, 0.15) is 10.0 Å². The predicted octanol–water partition coefficient (Wildman–Crippen LogP) is 3.13. The molecule has 0 fully saturated rings. The molecule has 0 saturated carbocycles. The molecule has 0 spiro atoms. The van der Waals surface area contributed by atoms with E-state index in [1.807, 2.05) is 0 Å². The van der Waals surface area contributed by atoms with Gasteiger partial charge in [-0.2, -0.15) is 0 Å². The van der Waals surface area contributed by atoms with Crippen molar-refractivity contribution in [2.24, 2.45) is 0 Å². The minimum Gasteiger partial charge on any atom is -0.143 e. The molecule has 74 valence electrons. The van der Waals surface area contributed by atoms with Gasteiger partial charge in [-0.1, -0.05) is 41.5 Å². The second-order valence-corrected chi connectivity index (χ2v) is 6.39. The highest BCUT2D eigenvalue weighted by Gasteiger charge is 2.24. The molecule has 0 aliphatic rings. The van der Waals surface area contributed by atoms with Crippen LogP contribution >= 0.6 is 11.3 Å². The number of hydrogen-bond acceptors (Lipinski definition) is 3. The third-order valence-corrected chi connectivity index (χ3v) is 3.48. The van der Waals surface area contributed by atoms with Gasteiger partial charge in [-0.15, -0.1) is 21.5 Å². The van der Waals surface area contributed by atoms with Gasteiger partial charge in [0.05, 0.1) is 0 Å². The van der Waals surface area contributed by atoms with E-state index in [0.29, 0.717) is 0 Å². The Morgan fingerprint density at radius 1 is 0.769 bits per heavy atom. The third-order valence-electron chi connectivity index (χ3n) is 1.71. The Labute approximate surface area is 84.4 Å². The van der Waals surface area contributed by atoms with Gasteiger partial charge in [0.2, 0.25) is 0 Å². The van der Waals surface area contributed by atoms with E-state index < -0.39 is 0 Å². The monoisotopic (exact) mass is 198 g/mol. The van der Waals surface area contributed by atoms with E-state index in [2.05, 4.69) is 51.7 Å². The normalized spacial score (nSPS) is 13.4. The molecule has 1 rings (SSSR count). The average Bonchev–Trinajstić information content (AvgIpc) is 2.28. The molecule has 13 heavy (non-hydrogen) atoms. The molecule has 3 heteroatoms. The highest BCUT2D eigenvalue weighted by Crippen LogP contribution is 2.31. The van der Waals surface area contributed by atoms with Crippen LogP contribution in [0.25, 0.3) is 0 Å². The molecule has 0 bridgehead atoms. The highest BCUT2D eigenvalue weighted by molar-refractivity contribution is 7.11. The molecule has 0 unspecified atom stereocenters. The van der Waals surface area contributed by atoms with Gasteiger partial charge in [-0.05, 0) is 0 Å². The first-order valence-corrected chi connectivity index (χ1v) is 5.37. The average molecular weight is 198 g/mol. The van der Waals surface area contributed by atoms with Gasteiger partial charge in [0.15, 0.2) is 0 Å². The summed E-state index contributed by atoms with van der Waals surface area (Å²) in [6, 6.07) is 0. The zero-order valence-electron chi connectivity index (χ0n) is 9.30.